The van der Waals surface area contributed by atoms with Crippen molar-refractivity contribution in [3.63, 3.8) is 0 Å². The monoisotopic (exact) mass is 518 g/mol. The van der Waals surface area contributed by atoms with Gasteiger partial charge in [-0.25, -0.2) is 4.98 Å². The van der Waals surface area contributed by atoms with Crippen molar-refractivity contribution < 1.29 is 4.79 Å². The van der Waals surface area contributed by atoms with E-state index in [1.165, 1.54) is 16.6 Å². The zero-order chi connectivity index (χ0) is 25.4. The molecule has 1 amide bonds. The largest absolute Gasteiger partial charge is 0.325 e. The number of benzene rings is 2. The van der Waals surface area contributed by atoms with Crippen molar-refractivity contribution >= 4 is 44.9 Å². The second kappa shape index (κ2) is 10.2. The quantitative estimate of drug-likeness (QED) is 0.267. The molecule has 8 heteroatoms. The molecule has 0 aliphatic carbocycles. The van der Waals surface area contributed by atoms with E-state index in [2.05, 4.69) is 24.1 Å². The Morgan fingerprint density at radius 3 is 2.64 bits per heavy atom. The highest BCUT2D eigenvalue weighted by Crippen LogP contribution is 2.35. The van der Waals surface area contributed by atoms with Gasteiger partial charge in [-0.2, -0.15) is 0 Å². The van der Waals surface area contributed by atoms with Crippen LogP contribution in [0, 0.1) is 13.8 Å². The zero-order valence-corrected chi connectivity index (χ0v) is 22.6. The number of aromatic nitrogens is 2. The number of aryl methyl sites for hydroxylation is 2. The van der Waals surface area contributed by atoms with Crippen molar-refractivity contribution in [1.82, 2.24) is 14.5 Å². The van der Waals surface area contributed by atoms with Crippen molar-refractivity contribution in [2.75, 3.05) is 17.6 Å². The number of rotatable bonds is 6. The number of fused-ring (bicyclic) bond motifs is 3. The van der Waals surface area contributed by atoms with Gasteiger partial charge in [-0.3, -0.25) is 19.1 Å². The molecule has 2 aromatic carbocycles. The van der Waals surface area contributed by atoms with Crippen molar-refractivity contribution in [2.24, 2.45) is 0 Å². The first kappa shape index (κ1) is 24.7. The molecule has 0 bridgehead atoms. The van der Waals surface area contributed by atoms with E-state index in [-0.39, 0.29) is 17.2 Å². The molecule has 1 N–H and O–H groups in total. The summed E-state index contributed by atoms with van der Waals surface area (Å²) in [6.07, 6.45) is 0.851. The fourth-order valence-corrected chi connectivity index (χ4v) is 6.65. The van der Waals surface area contributed by atoms with E-state index in [1.807, 2.05) is 62.4 Å². The summed E-state index contributed by atoms with van der Waals surface area (Å²) in [7, 11) is 0. The van der Waals surface area contributed by atoms with Crippen LogP contribution in [0.2, 0.25) is 0 Å². The van der Waals surface area contributed by atoms with Gasteiger partial charge in [0.15, 0.2) is 5.16 Å². The Morgan fingerprint density at radius 1 is 1.14 bits per heavy atom. The van der Waals surface area contributed by atoms with Gasteiger partial charge < -0.3 is 5.32 Å². The number of anilines is 1. The third-order valence-corrected chi connectivity index (χ3v) is 8.58. The van der Waals surface area contributed by atoms with Crippen LogP contribution in [0.5, 0.6) is 0 Å². The molecular weight excluding hydrogens is 488 g/mol. The van der Waals surface area contributed by atoms with E-state index in [9.17, 15) is 9.59 Å². The van der Waals surface area contributed by atoms with Gasteiger partial charge in [0.1, 0.15) is 4.83 Å². The predicted molar refractivity (Wildman–Crippen MR) is 150 cm³/mol. The maximum absolute atomic E-state index is 14.0. The number of nitrogens with zero attached hydrogens (tertiary/aromatic N) is 3. The average Bonchev–Trinajstić information content (AvgIpc) is 3.21. The lowest BCUT2D eigenvalue weighted by molar-refractivity contribution is -0.113. The number of nitrogens with one attached hydrogen (secondary N) is 1. The third kappa shape index (κ3) is 4.98. The molecule has 1 aliphatic heterocycles. The summed E-state index contributed by atoms with van der Waals surface area (Å²) in [5.74, 6) is 0.0256. The lowest BCUT2D eigenvalue weighted by Gasteiger charge is -2.30. The number of carbonyl (C=O) groups is 1. The Bertz CT molecular complexity index is 1490. The summed E-state index contributed by atoms with van der Waals surface area (Å²) in [5.41, 5.74) is 4.81. The van der Waals surface area contributed by atoms with E-state index in [4.69, 9.17) is 4.98 Å². The van der Waals surface area contributed by atoms with E-state index >= 15 is 0 Å². The predicted octanol–water partition coefficient (Wildman–Crippen LogP) is 5.56. The molecule has 3 heterocycles. The minimum atomic E-state index is -0.131. The summed E-state index contributed by atoms with van der Waals surface area (Å²) < 4.78 is 1.67. The number of hydrogen-bond acceptors (Lipinski definition) is 6. The van der Waals surface area contributed by atoms with E-state index in [0.29, 0.717) is 11.2 Å². The Morgan fingerprint density at radius 2 is 1.92 bits per heavy atom. The minimum absolute atomic E-state index is 0.0547. The number of hydrogen-bond donors (Lipinski definition) is 1. The highest BCUT2D eigenvalue weighted by molar-refractivity contribution is 7.99. The van der Waals surface area contributed by atoms with E-state index in [1.54, 1.807) is 15.9 Å². The standard InChI is InChI=1S/C28H30N4O2S2/c1-17(2)31-13-12-22-23(15-31)36-26-25(22)27(34)32(21-10-8-18(3)9-11-21)28(30-26)35-16-24(33)29-20-7-5-6-19(4)14-20/h5-11,14,17H,12-13,15-16H2,1-4H3,(H,29,33). The summed E-state index contributed by atoms with van der Waals surface area (Å²) in [5, 5.41) is 4.22. The van der Waals surface area contributed by atoms with Crippen molar-refractivity contribution in [3.8, 4) is 5.69 Å². The number of carbonyl (C=O) groups excluding carboxylic acids is 1. The molecule has 5 rings (SSSR count). The van der Waals surface area contributed by atoms with Crippen LogP contribution in [-0.4, -0.2) is 38.7 Å². The summed E-state index contributed by atoms with van der Waals surface area (Å²) in [6.45, 7) is 10.2. The first-order chi connectivity index (χ1) is 17.3. The molecule has 0 atom stereocenters. The molecule has 0 unspecified atom stereocenters. The summed E-state index contributed by atoms with van der Waals surface area (Å²) in [4.78, 5) is 36.1. The van der Waals surface area contributed by atoms with E-state index < -0.39 is 0 Å². The van der Waals surface area contributed by atoms with Gasteiger partial charge in [0.05, 0.1) is 16.8 Å². The third-order valence-electron chi connectivity index (χ3n) is 6.53. The second-order valence-electron chi connectivity index (χ2n) is 9.57. The van der Waals surface area contributed by atoms with Gasteiger partial charge in [-0.15, -0.1) is 11.3 Å². The maximum Gasteiger partial charge on any atom is 0.267 e. The second-order valence-corrected chi connectivity index (χ2v) is 11.6. The van der Waals surface area contributed by atoms with Crippen LogP contribution in [0.15, 0.2) is 58.5 Å². The Labute approximate surface area is 219 Å². The highest BCUT2D eigenvalue weighted by Gasteiger charge is 2.26. The number of thiophene rings is 1. The normalized spacial score (nSPS) is 13.8. The Hall–Kier alpha value is -2.94. The molecule has 186 valence electrons. The lowest BCUT2D eigenvalue weighted by Crippen LogP contribution is -2.35. The van der Waals surface area contributed by atoms with Gasteiger partial charge in [-0.05, 0) is 69.5 Å². The van der Waals surface area contributed by atoms with Crippen LogP contribution in [0.1, 0.15) is 35.4 Å². The smallest absolute Gasteiger partial charge is 0.267 e. The maximum atomic E-state index is 14.0. The van der Waals surface area contributed by atoms with Crippen LogP contribution in [0.25, 0.3) is 15.9 Å². The molecule has 0 radical (unpaired) electrons. The fraction of sp³-hybridized carbons (Fsp3) is 0.321. The Balaban J connectivity index is 1.52. The molecule has 1 aliphatic rings. The molecular formula is C28H30N4O2S2. The SMILES string of the molecule is Cc1ccc(-n2c(SCC(=O)Nc3cccc(C)c3)nc3sc4c(c3c2=O)CCN(C(C)C)C4)cc1. The van der Waals surface area contributed by atoms with Crippen LogP contribution < -0.4 is 10.9 Å². The van der Waals surface area contributed by atoms with Crippen LogP contribution in [0.3, 0.4) is 0 Å². The first-order valence-electron chi connectivity index (χ1n) is 12.2. The van der Waals surface area contributed by atoms with Crippen LogP contribution >= 0.6 is 23.1 Å². The minimum Gasteiger partial charge on any atom is -0.325 e. The molecule has 2 aromatic heterocycles. The van der Waals surface area contributed by atoms with E-state index in [0.717, 1.165) is 57.8 Å². The zero-order valence-electron chi connectivity index (χ0n) is 21.0. The molecule has 0 fully saturated rings. The number of amides is 1. The summed E-state index contributed by atoms with van der Waals surface area (Å²) >= 11 is 2.91. The van der Waals surface area contributed by atoms with Gasteiger partial charge in [0.2, 0.25) is 5.91 Å². The fourth-order valence-electron chi connectivity index (χ4n) is 4.55. The number of thioether (sulfide) groups is 1. The highest BCUT2D eigenvalue weighted by atomic mass is 32.2. The molecule has 6 nitrogen and oxygen atoms in total. The van der Waals surface area contributed by atoms with Crippen molar-refractivity contribution in [3.05, 3.63) is 80.5 Å². The molecule has 0 spiro atoms. The van der Waals surface area contributed by atoms with Crippen LogP contribution in [-0.2, 0) is 17.8 Å². The molecule has 36 heavy (non-hydrogen) atoms. The summed E-state index contributed by atoms with van der Waals surface area (Å²) in [6, 6.07) is 16.1. The lowest BCUT2D eigenvalue weighted by atomic mass is 10.0. The average molecular weight is 519 g/mol. The van der Waals surface area contributed by atoms with Gasteiger partial charge in [-0.1, -0.05) is 41.6 Å². The molecule has 0 saturated carbocycles. The van der Waals surface area contributed by atoms with Gasteiger partial charge >= 0.3 is 0 Å². The molecule has 0 saturated heterocycles. The first-order valence-corrected chi connectivity index (χ1v) is 14.0. The van der Waals surface area contributed by atoms with Crippen molar-refractivity contribution in [1.29, 1.82) is 0 Å². The topological polar surface area (TPSA) is 67.2 Å². The van der Waals surface area contributed by atoms with Crippen LogP contribution in [0.4, 0.5) is 5.69 Å². The Kier molecular flexibility index (Phi) is 7.01. The van der Waals surface area contributed by atoms with Crippen molar-refractivity contribution in [2.45, 2.75) is 51.9 Å². The van der Waals surface area contributed by atoms with Gasteiger partial charge in [0.25, 0.3) is 5.56 Å². The van der Waals surface area contributed by atoms with Gasteiger partial charge in [0, 0.05) is 29.7 Å². The molecule has 4 aromatic rings.